The molecule has 0 bridgehead atoms. The van der Waals surface area contributed by atoms with Crippen LogP contribution in [0.4, 0.5) is 30.7 Å². The van der Waals surface area contributed by atoms with Gasteiger partial charge in [0.25, 0.3) is 0 Å². The van der Waals surface area contributed by atoms with Gasteiger partial charge in [-0.3, -0.25) is 0 Å². The van der Waals surface area contributed by atoms with Gasteiger partial charge in [-0.25, -0.2) is 30.7 Å². The van der Waals surface area contributed by atoms with Crippen molar-refractivity contribution < 1.29 is 86.9 Å². The number of halogens is 11. The lowest BCUT2D eigenvalue weighted by Crippen LogP contribution is -2.02. The molecule has 6 atom stereocenters. The van der Waals surface area contributed by atoms with Gasteiger partial charge in [-0.05, 0) is 405 Å². The highest BCUT2D eigenvalue weighted by Gasteiger charge is 2.18. The van der Waals surface area contributed by atoms with Crippen LogP contribution in [0.2, 0.25) is 0 Å². The fourth-order valence-corrected chi connectivity index (χ4v) is 14.7. The molecule has 0 unspecified atom stereocenters. The maximum Gasteiger partial charge on any atom is 0.164 e. The first-order chi connectivity index (χ1) is 66.8. The van der Waals surface area contributed by atoms with E-state index in [1.165, 1.54) is 78.4 Å². The number of hydrogen-bond donors (Lipinski definition) is 21. The Morgan fingerprint density at radius 2 is 0.634 bits per heavy atom. The van der Waals surface area contributed by atoms with E-state index in [0.717, 1.165) is 131 Å². The first kappa shape index (κ1) is 129. The van der Waals surface area contributed by atoms with Crippen LogP contribution >= 0.6 is 63.7 Å². The fourth-order valence-electron chi connectivity index (χ4n) is 12.7. The third kappa shape index (κ3) is 61.2. The maximum absolute atomic E-state index is 13.2. The zero-order valence-corrected chi connectivity index (χ0v) is 88.5. The topological polar surface area (TPSA) is 461 Å². The number of benzene rings is 10. The van der Waals surface area contributed by atoms with Gasteiger partial charge in [0.2, 0.25) is 0 Å². The molecule has 142 heavy (non-hydrogen) atoms. The van der Waals surface area contributed by atoms with Crippen LogP contribution in [-0.2, 0) is 25.7 Å². The number of aromatic hydroxyl groups is 5. The minimum Gasteiger partial charge on any atom is -0.508 e. The molecule has 10 rings (SSSR count). The van der Waals surface area contributed by atoms with E-state index < -0.39 is 59.8 Å². The molecule has 0 aliphatic heterocycles. The molecule has 10 aromatic carbocycles. The third-order valence-corrected chi connectivity index (χ3v) is 22.9. The van der Waals surface area contributed by atoms with Crippen molar-refractivity contribution in [3.8, 4) is 28.7 Å². The fraction of sp³-hybridized carbons (Fsp3) is 0.364. The first-order valence-corrected chi connectivity index (χ1v) is 49.3. The molecular weight excluding hydrogens is 2070 g/mol. The second kappa shape index (κ2) is 72.4. The Morgan fingerprint density at radius 1 is 0.254 bits per heavy atom. The van der Waals surface area contributed by atoms with Crippen molar-refractivity contribution in [3.05, 3.63) is 321 Å². The first-order valence-electron chi connectivity index (χ1n) is 46.1. The van der Waals surface area contributed by atoms with E-state index in [-0.39, 0.29) is 46.8 Å². The van der Waals surface area contributed by atoms with Gasteiger partial charge in [0.05, 0.1) is 41.1 Å². The van der Waals surface area contributed by atoms with Gasteiger partial charge in [-0.2, -0.15) is 0 Å². The van der Waals surface area contributed by atoms with Crippen LogP contribution in [-0.4, -0.2) is 113 Å². The summed E-state index contributed by atoms with van der Waals surface area (Å²) in [5.41, 5.74) is 12.4. The quantitative estimate of drug-likeness (QED) is 0.0126. The minimum absolute atomic E-state index is 0.0722. The summed E-state index contributed by atoms with van der Waals surface area (Å²) in [6.45, 7) is 17.3. The van der Waals surface area contributed by atoms with Gasteiger partial charge >= 0.3 is 0 Å². The summed E-state index contributed by atoms with van der Waals surface area (Å²) in [6, 6.07) is 52.9. The second-order valence-corrected chi connectivity index (χ2v) is 37.8. The van der Waals surface area contributed by atoms with Gasteiger partial charge in [0.15, 0.2) is 11.6 Å². The van der Waals surface area contributed by atoms with Crippen molar-refractivity contribution in [1.82, 2.24) is 0 Å². The SMILES string of the molecule is CC(=N)CCCc1cc(O)ccc1[76Br].CC(=N)CCCc1cc([76Br])cc([76Br])c1O.CC(=N)CCCc1ccc([76Br])cc1.CC(=N)CCCc1ccccc1[18F].CC(=N)CC[C@H](O)c1cc(O)cc([18F])c1.CC(=N)CC[C@H](O)c1cc(O)ccc1[18F].CC(=N)CC[C@H](O)c1ccc([18F])c(O)c1.CC(=N)CC[C@H](O)c1ccc([18F])cc1.CC(=N)CC[C@H](O)c1cccc([18F])c1.CC(=N)CC[C@H](O)c1ccccc1[18F]. The molecule has 0 saturated carbocycles. The molecule has 0 heterocycles. The van der Waals surface area contributed by atoms with E-state index in [1.54, 1.807) is 122 Å². The van der Waals surface area contributed by atoms with Gasteiger partial charge in [-0.1, -0.05) is 127 Å². The lowest BCUT2D eigenvalue weighted by Gasteiger charge is -2.11. The number of hydrogen-bond acceptors (Lipinski definition) is 21. The van der Waals surface area contributed by atoms with E-state index in [2.05, 4.69) is 88.0 Å². The number of aryl methyl sites for hydroxylation is 4. The van der Waals surface area contributed by atoms with E-state index in [4.69, 9.17) is 69.4 Å². The van der Waals surface area contributed by atoms with E-state index in [9.17, 15) is 71.6 Å². The smallest absolute Gasteiger partial charge is 0.164 e. The number of aliphatic hydroxyl groups is 6. The summed E-state index contributed by atoms with van der Waals surface area (Å²) >= 11 is 13.5. The predicted molar refractivity (Wildman–Crippen MR) is 574 cm³/mol. The summed E-state index contributed by atoms with van der Waals surface area (Å²) in [7, 11) is 0. The molecule has 21 N–H and O–H groups in total. The largest absolute Gasteiger partial charge is 0.508 e. The van der Waals surface area contributed by atoms with Crippen LogP contribution in [0.5, 0.6) is 28.7 Å². The number of phenolic OH excluding ortho intramolecular Hbond substituents is 5. The van der Waals surface area contributed by atoms with Gasteiger partial charge in [-0.15, -0.1) is 0 Å². The molecule has 0 radical (unpaired) electrons. The summed E-state index contributed by atoms with van der Waals surface area (Å²) in [4.78, 5) is 0. The molecule has 0 aliphatic carbocycles. The zero-order valence-electron chi connectivity index (χ0n) is 82.1. The average molecular weight is 2210 g/mol. The van der Waals surface area contributed by atoms with Gasteiger partial charge < -0.3 is 110 Å². The summed E-state index contributed by atoms with van der Waals surface area (Å²) in [5.74, 6) is -3.10. The lowest BCUT2D eigenvalue weighted by molar-refractivity contribution is 0.164. The Morgan fingerprint density at radius 3 is 1.09 bits per heavy atom. The molecule has 0 amide bonds. The summed E-state index contributed by atoms with van der Waals surface area (Å²) < 4.78 is 94.1. The van der Waals surface area contributed by atoms with Crippen LogP contribution in [0.1, 0.15) is 290 Å². The van der Waals surface area contributed by atoms with E-state index >= 15 is 0 Å². The van der Waals surface area contributed by atoms with Gasteiger partial charge in [0.1, 0.15) is 57.9 Å². The van der Waals surface area contributed by atoms with Crippen molar-refractivity contribution >= 4 is 121 Å². The van der Waals surface area contributed by atoms with Crippen molar-refractivity contribution in [3.63, 3.8) is 0 Å². The Balaban J connectivity index is 0.000000789. The van der Waals surface area contributed by atoms with Crippen LogP contribution in [0.25, 0.3) is 0 Å². The molecular formula is C110H139Br4F7N10O11. The normalized spacial score (nSPS) is 11.6. The molecule has 10 aromatic rings. The van der Waals surface area contributed by atoms with Gasteiger partial charge in [0, 0.05) is 87.7 Å². The van der Waals surface area contributed by atoms with E-state index in [1.807, 2.05) is 38.1 Å². The Labute approximate surface area is 864 Å². The monoisotopic (exact) mass is 2210 g/mol. The average Bonchev–Trinajstić information content (AvgIpc) is 0.779. The van der Waals surface area contributed by atoms with Crippen molar-refractivity contribution in [2.24, 2.45) is 0 Å². The standard InChI is InChI=1S/C11H13Br2NO.C11H14BrNO.C11H14BrN.3C11H14FNO2.3C11H14FNO.C11H14FN/c1-7(14)3-2-4-8-5-9(12)6-10(13)11(8)15;1-8(13)3-2-4-9-7-10(14)5-6-11(9)12;1-9(13)3-2-4-10-5-7-11(12)8-6-10;1-7(13)2-5-11(15)9-6-8(14)3-4-10(9)12;1-7(13)2-5-10(14)8-3-4-9(12)11(15)6-8;1-7(13)2-3-11(15)8-4-9(12)6-10(14)5-8;1-8(13)2-7-11(14)9-3-5-10(12)6-4-9;1-8(13)5-6-11(14)9-3-2-4-10(12)7-9;1-8(13)6-7-11(14)9-4-2-3-5-10(9)12;1-9(13)5-4-7-10-6-2-3-8-11(10)12/h5-6,14-15H,2-4H2,1H3;5-7,13-14H,2-4H2,1H3;5-8,13H,2-4H2,1H3;3-4,6,11,13-15H,2,5H2,1H3;3-4,6,10,13-15H,2,5H2,1H3;4-6,11,13-15H,2-3H2,1H3;3-6,11,13-14H,2,7H2,1H3;2-4,7,11,13-14H,5-6H2,1H3;2-5,11,13-14H,6-7H2,1H3;2-3,6,8,13H,4-5,7H2,1H3/t;;;11-;10-;4*11-;/m...000000./s1/i12-4,13-4;2*12-4;7*12-1. The van der Waals surface area contributed by atoms with Crippen LogP contribution in [0.3, 0.4) is 0 Å². The number of phenols is 5. The minimum atomic E-state index is -0.975. The highest BCUT2D eigenvalue weighted by atomic mass is 75.9. The summed E-state index contributed by atoms with van der Waals surface area (Å²) in [6.07, 6.45) is 11.3. The maximum atomic E-state index is 13.2. The third-order valence-electron chi connectivity index (χ3n) is 20.5. The molecule has 21 nitrogen and oxygen atoms in total. The van der Waals surface area contributed by atoms with Crippen LogP contribution in [0.15, 0.2) is 224 Å². The molecule has 32 heteroatoms. The molecule has 0 aliphatic rings. The Hall–Kier alpha value is -10.9. The van der Waals surface area contributed by atoms with Crippen molar-refractivity contribution in [2.75, 3.05) is 0 Å². The van der Waals surface area contributed by atoms with Crippen LogP contribution in [0, 0.1) is 94.8 Å². The van der Waals surface area contributed by atoms with Crippen molar-refractivity contribution in [2.45, 2.75) is 260 Å². The predicted octanol–water partition coefficient (Wildman–Crippen LogP) is 30.0. The molecule has 0 saturated heterocycles. The van der Waals surface area contributed by atoms with Crippen LogP contribution < -0.4 is 0 Å². The molecule has 0 fully saturated rings. The van der Waals surface area contributed by atoms with E-state index in [0.29, 0.717) is 166 Å². The number of nitrogens with one attached hydrogen (secondary N) is 10. The number of rotatable bonds is 40. The lowest BCUT2D eigenvalue weighted by atomic mass is 10.0. The molecule has 772 valence electrons. The zero-order chi connectivity index (χ0) is 107. The second-order valence-electron chi connectivity index (χ2n) is 34.2. The highest BCUT2D eigenvalue weighted by Crippen LogP contribution is 2.34. The van der Waals surface area contributed by atoms with Crippen molar-refractivity contribution in [1.29, 1.82) is 54.1 Å². The Bertz CT molecular complexity index is 5570. The number of aliphatic hydroxyl groups excluding tert-OH is 6. The highest BCUT2D eigenvalue weighted by molar-refractivity contribution is 9.11. The molecule has 0 spiro atoms. The Kier molecular flexibility index (Phi) is 65.8. The molecule has 0 aromatic heterocycles. The summed E-state index contributed by atoms with van der Waals surface area (Å²) in [5, 5.41) is 177.